The minimum atomic E-state index is 0.522. The van der Waals surface area contributed by atoms with Crippen LogP contribution in [0.1, 0.15) is 30.1 Å². The molecule has 5 heteroatoms. The van der Waals surface area contributed by atoms with E-state index >= 15 is 0 Å². The summed E-state index contributed by atoms with van der Waals surface area (Å²) >= 11 is 3.58. The summed E-state index contributed by atoms with van der Waals surface area (Å²) in [6.07, 6.45) is 3.25. The third-order valence-corrected chi connectivity index (χ3v) is 4.09. The van der Waals surface area contributed by atoms with Crippen LogP contribution in [0.25, 0.3) is 0 Å². The standard InChI is InChI=1S/C11H16BrN3O/c12-11-9-1-4-13-7-10(9)15(14-11)8-2-5-16-6-3-8/h8,13H,1-7H2. The normalized spacial score (nSPS) is 22.1. The lowest BCUT2D eigenvalue weighted by Gasteiger charge is -2.25. The summed E-state index contributed by atoms with van der Waals surface area (Å²) in [5, 5.41) is 8.07. The average molecular weight is 286 g/mol. The van der Waals surface area contributed by atoms with Gasteiger partial charge in [-0.1, -0.05) is 0 Å². The van der Waals surface area contributed by atoms with Crippen molar-refractivity contribution >= 4 is 15.9 Å². The van der Waals surface area contributed by atoms with Crippen LogP contribution in [0.2, 0.25) is 0 Å². The Morgan fingerprint density at radius 2 is 2.19 bits per heavy atom. The fourth-order valence-corrected chi connectivity index (χ4v) is 3.16. The van der Waals surface area contributed by atoms with Gasteiger partial charge in [0.15, 0.2) is 0 Å². The van der Waals surface area contributed by atoms with Gasteiger partial charge in [0.1, 0.15) is 4.60 Å². The molecule has 1 N–H and O–H groups in total. The molecule has 1 saturated heterocycles. The van der Waals surface area contributed by atoms with Gasteiger partial charge in [0, 0.05) is 25.3 Å². The first kappa shape index (κ1) is 10.7. The molecular formula is C11H16BrN3O. The largest absolute Gasteiger partial charge is 0.381 e. The second kappa shape index (κ2) is 4.47. The Balaban J connectivity index is 1.93. The van der Waals surface area contributed by atoms with Crippen molar-refractivity contribution in [3.8, 4) is 0 Å². The number of rotatable bonds is 1. The van der Waals surface area contributed by atoms with Gasteiger partial charge >= 0.3 is 0 Å². The molecule has 16 heavy (non-hydrogen) atoms. The van der Waals surface area contributed by atoms with Gasteiger partial charge in [-0.25, -0.2) is 0 Å². The van der Waals surface area contributed by atoms with E-state index in [2.05, 4.69) is 31.0 Å². The van der Waals surface area contributed by atoms with Crippen molar-refractivity contribution in [3.63, 3.8) is 0 Å². The molecule has 3 heterocycles. The second-order valence-electron chi connectivity index (χ2n) is 4.43. The van der Waals surface area contributed by atoms with Gasteiger partial charge in [-0.3, -0.25) is 4.68 Å². The van der Waals surface area contributed by atoms with Crippen molar-refractivity contribution in [2.75, 3.05) is 19.8 Å². The van der Waals surface area contributed by atoms with Crippen LogP contribution in [-0.4, -0.2) is 29.5 Å². The van der Waals surface area contributed by atoms with E-state index in [1.165, 1.54) is 11.3 Å². The average Bonchev–Trinajstić information content (AvgIpc) is 2.69. The molecule has 2 aliphatic rings. The number of hydrogen-bond acceptors (Lipinski definition) is 3. The Hall–Kier alpha value is -0.390. The number of nitrogens with one attached hydrogen (secondary N) is 1. The summed E-state index contributed by atoms with van der Waals surface area (Å²) in [4.78, 5) is 0. The summed E-state index contributed by atoms with van der Waals surface area (Å²) in [6, 6.07) is 0.522. The fourth-order valence-electron chi connectivity index (χ4n) is 2.56. The fraction of sp³-hybridized carbons (Fsp3) is 0.727. The van der Waals surface area contributed by atoms with Crippen molar-refractivity contribution in [1.82, 2.24) is 15.1 Å². The molecule has 3 rings (SSSR count). The van der Waals surface area contributed by atoms with E-state index < -0.39 is 0 Å². The molecule has 0 spiro atoms. The lowest BCUT2D eigenvalue weighted by Crippen LogP contribution is -2.28. The Labute approximate surface area is 103 Å². The molecule has 0 aromatic carbocycles. The highest BCUT2D eigenvalue weighted by atomic mass is 79.9. The van der Waals surface area contributed by atoms with E-state index in [9.17, 15) is 0 Å². The maximum atomic E-state index is 5.40. The van der Waals surface area contributed by atoms with Gasteiger partial charge in [0.2, 0.25) is 0 Å². The Bertz CT molecular complexity index is 385. The number of nitrogens with zero attached hydrogens (tertiary/aromatic N) is 2. The molecule has 0 unspecified atom stereocenters. The summed E-state index contributed by atoms with van der Waals surface area (Å²) in [7, 11) is 0. The number of fused-ring (bicyclic) bond motifs is 1. The van der Waals surface area contributed by atoms with Crippen LogP contribution in [0.3, 0.4) is 0 Å². The first-order valence-electron chi connectivity index (χ1n) is 5.90. The SMILES string of the molecule is Brc1nn(C2CCOCC2)c2c1CCNC2. The quantitative estimate of drug-likeness (QED) is 0.853. The van der Waals surface area contributed by atoms with Crippen LogP contribution in [0.5, 0.6) is 0 Å². The number of aromatic nitrogens is 2. The minimum absolute atomic E-state index is 0.522. The van der Waals surface area contributed by atoms with Crippen LogP contribution < -0.4 is 5.32 Å². The molecule has 2 aliphatic heterocycles. The second-order valence-corrected chi connectivity index (χ2v) is 5.18. The van der Waals surface area contributed by atoms with E-state index in [1.54, 1.807) is 0 Å². The first-order valence-corrected chi connectivity index (χ1v) is 6.70. The minimum Gasteiger partial charge on any atom is -0.381 e. The number of halogens is 1. The van der Waals surface area contributed by atoms with Gasteiger partial charge in [0.25, 0.3) is 0 Å². The predicted octanol–water partition coefficient (Wildman–Crippen LogP) is 1.64. The van der Waals surface area contributed by atoms with E-state index in [4.69, 9.17) is 4.74 Å². The van der Waals surface area contributed by atoms with Crippen molar-refractivity contribution in [3.05, 3.63) is 15.9 Å². The highest BCUT2D eigenvalue weighted by Crippen LogP contribution is 2.29. The topological polar surface area (TPSA) is 39.1 Å². The van der Waals surface area contributed by atoms with Gasteiger partial charge in [-0.05, 0) is 41.7 Å². The summed E-state index contributed by atoms with van der Waals surface area (Å²) in [5.74, 6) is 0. The van der Waals surface area contributed by atoms with Crippen molar-refractivity contribution in [2.24, 2.45) is 0 Å². The summed E-state index contributed by atoms with van der Waals surface area (Å²) in [5.41, 5.74) is 2.76. The molecule has 0 saturated carbocycles. The molecule has 4 nitrogen and oxygen atoms in total. The zero-order chi connectivity index (χ0) is 11.0. The first-order chi connectivity index (χ1) is 7.86. The van der Waals surface area contributed by atoms with E-state index in [-0.39, 0.29) is 0 Å². The number of hydrogen-bond donors (Lipinski definition) is 1. The molecule has 0 amide bonds. The molecule has 1 fully saturated rings. The van der Waals surface area contributed by atoms with E-state index in [0.717, 1.165) is 50.2 Å². The van der Waals surface area contributed by atoms with Crippen LogP contribution in [0, 0.1) is 0 Å². The maximum absolute atomic E-state index is 5.40. The van der Waals surface area contributed by atoms with Crippen LogP contribution in [0.4, 0.5) is 0 Å². The van der Waals surface area contributed by atoms with Crippen molar-refractivity contribution < 1.29 is 4.74 Å². The monoisotopic (exact) mass is 285 g/mol. The van der Waals surface area contributed by atoms with Gasteiger partial charge in [0.05, 0.1) is 11.7 Å². The van der Waals surface area contributed by atoms with Gasteiger partial charge < -0.3 is 10.1 Å². The molecule has 0 radical (unpaired) electrons. The van der Waals surface area contributed by atoms with Gasteiger partial charge in [-0.15, -0.1) is 0 Å². The zero-order valence-electron chi connectivity index (χ0n) is 9.21. The molecular weight excluding hydrogens is 270 g/mol. The molecule has 1 aromatic rings. The highest BCUT2D eigenvalue weighted by Gasteiger charge is 2.24. The molecule has 0 aliphatic carbocycles. The van der Waals surface area contributed by atoms with E-state index in [1.807, 2.05) is 0 Å². The van der Waals surface area contributed by atoms with Crippen molar-refractivity contribution in [1.29, 1.82) is 0 Å². The van der Waals surface area contributed by atoms with Crippen molar-refractivity contribution in [2.45, 2.75) is 31.8 Å². The Kier molecular flexibility index (Phi) is 3.00. The highest BCUT2D eigenvalue weighted by molar-refractivity contribution is 9.10. The summed E-state index contributed by atoms with van der Waals surface area (Å²) in [6.45, 7) is 3.74. The molecule has 88 valence electrons. The van der Waals surface area contributed by atoms with Gasteiger partial charge in [-0.2, -0.15) is 5.10 Å². The van der Waals surface area contributed by atoms with Crippen LogP contribution in [-0.2, 0) is 17.7 Å². The molecule has 1 aromatic heterocycles. The predicted molar refractivity (Wildman–Crippen MR) is 64.4 cm³/mol. The van der Waals surface area contributed by atoms with Crippen LogP contribution >= 0.6 is 15.9 Å². The smallest absolute Gasteiger partial charge is 0.131 e. The molecule has 0 atom stereocenters. The third-order valence-electron chi connectivity index (χ3n) is 3.45. The van der Waals surface area contributed by atoms with E-state index in [0.29, 0.717) is 6.04 Å². The number of ether oxygens (including phenoxy) is 1. The van der Waals surface area contributed by atoms with Crippen LogP contribution in [0.15, 0.2) is 4.60 Å². The Morgan fingerprint density at radius 1 is 1.38 bits per heavy atom. The maximum Gasteiger partial charge on any atom is 0.131 e. The lowest BCUT2D eigenvalue weighted by atomic mass is 10.1. The zero-order valence-corrected chi connectivity index (χ0v) is 10.8. The lowest BCUT2D eigenvalue weighted by molar-refractivity contribution is 0.0651. The Morgan fingerprint density at radius 3 is 3.00 bits per heavy atom. The summed E-state index contributed by atoms with van der Waals surface area (Å²) < 4.78 is 8.66. The third kappa shape index (κ3) is 1.81. The molecule has 0 bridgehead atoms.